The first-order valence-electron chi connectivity index (χ1n) is 13.9. The zero-order chi connectivity index (χ0) is 28.0. The Balaban J connectivity index is 1.41. The number of aromatic nitrogens is 6. The molecule has 0 spiro atoms. The number of imidazole rings is 2. The monoisotopic (exact) mass is 545 g/mol. The highest BCUT2D eigenvalue weighted by Crippen LogP contribution is 2.29. The third kappa shape index (κ3) is 4.60. The van der Waals surface area contributed by atoms with Crippen molar-refractivity contribution in [3.05, 3.63) is 41.6 Å². The predicted molar refractivity (Wildman–Crippen MR) is 149 cm³/mol. The maximum atomic E-state index is 13.0. The van der Waals surface area contributed by atoms with Crippen LogP contribution >= 0.6 is 0 Å². The van der Waals surface area contributed by atoms with Crippen molar-refractivity contribution in [3.63, 3.8) is 0 Å². The first kappa shape index (κ1) is 26.3. The molecule has 2 aliphatic rings. The number of rotatable bonds is 6. The van der Waals surface area contributed by atoms with Gasteiger partial charge >= 0.3 is 0 Å². The van der Waals surface area contributed by atoms with Gasteiger partial charge in [0.2, 0.25) is 17.8 Å². The minimum absolute atomic E-state index is 0.00254. The Morgan fingerprint density at radius 3 is 2.67 bits per heavy atom. The summed E-state index contributed by atoms with van der Waals surface area (Å²) in [4.78, 5) is 48.6. The Kier molecular flexibility index (Phi) is 6.97. The lowest BCUT2D eigenvalue weighted by molar-refractivity contribution is -0.147. The second-order valence-electron chi connectivity index (χ2n) is 10.7. The summed E-state index contributed by atoms with van der Waals surface area (Å²) in [6.45, 7) is 9.13. The molecule has 0 radical (unpaired) electrons. The standard InChI is InChI=1S/C28H35N9O3/c1-5-21-30-18-8-6-7-9-19(18)37(21)28-32-24(20-14-29-10-13-40-20)25-26(33-28)34(4)22(31-25)15-35-11-12-36(16-23(35)38)27(39)17(2)3/h6-9,17,20,29H,5,10-16H2,1-4H3. The van der Waals surface area contributed by atoms with Crippen LogP contribution in [-0.4, -0.2) is 90.0 Å². The quantitative estimate of drug-likeness (QED) is 0.389. The van der Waals surface area contributed by atoms with Gasteiger partial charge < -0.3 is 24.4 Å². The van der Waals surface area contributed by atoms with Crippen LogP contribution in [0.15, 0.2) is 24.3 Å². The number of nitrogens with one attached hydrogen (secondary N) is 1. The maximum absolute atomic E-state index is 13.0. The number of hydrogen-bond donors (Lipinski definition) is 1. The maximum Gasteiger partial charge on any atom is 0.242 e. The van der Waals surface area contributed by atoms with Crippen LogP contribution in [0.2, 0.25) is 0 Å². The van der Waals surface area contributed by atoms with Gasteiger partial charge in [-0.2, -0.15) is 4.98 Å². The Hall–Kier alpha value is -3.90. The lowest BCUT2D eigenvalue weighted by Crippen LogP contribution is -2.52. The largest absolute Gasteiger partial charge is 0.369 e. The molecule has 12 nitrogen and oxygen atoms in total. The highest BCUT2D eigenvalue weighted by atomic mass is 16.5. The summed E-state index contributed by atoms with van der Waals surface area (Å²) in [6.07, 6.45) is 0.435. The molecule has 4 aromatic rings. The lowest BCUT2D eigenvalue weighted by Gasteiger charge is -2.34. The van der Waals surface area contributed by atoms with Gasteiger partial charge in [-0.05, 0) is 12.1 Å². The minimum atomic E-state index is -0.284. The van der Waals surface area contributed by atoms with Crippen molar-refractivity contribution < 1.29 is 14.3 Å². The molecule has 0 aliphatic carbocycles. The summed E-state index contributed by atoms with van der Waals surface area (Å²) in [5.74, 6) is 1.88. The van der Waals surface area contributed by atoms with Crippen molar-refractivity contribution in [2.45, 2.75) is 39.8 Å². The fourth-order valence-electron chi connectivity index (χ4n) is 5.46. The van der Waals surface area contributed by atoms with Crippen LogP contribution in [0.3, 0.4) is 0 Å². The van der Waals surface area contributed by atoms with Crippen LogP contribution in [0.4, 0.5) is 0 Å². The normalized spacial score (nSPS) is 18.4. The molecule has 6 rings (SSSR count). The third-order valence-electron chi connectivity index (χ3n) is 7.66. The highest BCUT2D eigenvalue weighted by Gasteiger charge is 2.31. The molecular formula is C28H35N9O3. The summed E-state index contributed by atoms with van der Waals surface area (Å²) in [5.41, 5.74) is 3.88. The smallest absolute Gasteiger partial charge is 0.242 e. The molecule has 40 heavy (non-hydrogen) atoms. The number of nitrogens with zero attached hydrogens (tertiary/aromatic N) is 8. The average Bonchev–Trinajstić information content (AvgIpc) is 3.50. The van der Waals surface area contributed by atoms with E-state index in [1.54, 1.807) is 9.80 Å². The van der Waals surface area contributed by atoms with Gasteiger partial charge in [-0.3, -0.25) is 14.2 Å². The first-order chi connectivity index (χ1) is 19.4. The van der Waals surface area contributed by atoms with Crippen LogP contribution in [-0.2, 0) is 34.3 Å². The summed E-state index contributed by atoms with van der Waals surface area (Å²) < 4.78 is 10.1. The van der Waals surface area contributed by atoms with Crippen molar-refractivity contribution in [1.82, 2.24) is 44.2 Å². The second-order valence-corrected chi connectivity index (χ2v) is 10.7. The molecule has 0 bridgehead atoms. The lowest BCUT2D eigenvalue weighted by atomic mass is 10.1. The zero-order valence-electron chi connectivity index (χ0n) is 23.4. The molecule has 1 unspecified atom stereocenters. The highest BCUT2D eigenvalue weighted by molar-refractivity contribution is 5.87. The van der Waals surface area contributed by atoms with Crippen LogP contribution in [0.25, 0.3) is 28.1 Å². The zero-order valence-corrected chi connectivity index (χ0v) is 23.4. The van der Waals surface area contributed by atoms with E-state index in [9.17, 15) is 9.59 Å². The van der Waals surface area contributed by atoms with Gasteiger partial charge in [-0.25, -0.2) is 15.0 Å². The molecule has 3 aromatic heterocycles. The topological polar surface area (TPSA) is 123 Å². The molecule has 2 amide bonds. The first-order valence-corrected chi connectivity index (χ1v) is 13.9. The molecule has 0 saturated carbocycles. The molecule has 2 aliphatic heterocycles. The number of carbonyl (C=O) groups excluding carboxylic acids is 2. The molecule has 210 valence electrons. The van der Waals surface area contributed by atoms with Gasteiger partial charge in [0, 0.05) is 45.6 Å². The Morgan fingerprint density at radius 1 is 1.12 bits per heavy atom. The molecule has 5 heterocycles. The number of aryl methyl sites for hydroxylation is 2. The number of para-hydroxylation sites is 2. The van der Waals surface area contributed by atoms with Gasteiger partial charge in [-0.1, -0.05) is 32.9 Å². The number of piperazine rings is 1. The Morgan fingerprint density at radius 2 is 1.95 bits per heavy atom. The predicted octanol–water partition coefficient (Wildman–Crippen LogP) is 1.75. The summed E-state index contributed by atoms with van der Waals surface area (Å²) >= 11 is 0. The van der Waals surface area contributed by atoms with E-state index in [1.807, 2.05) is 54.3 Å². The van der Waals surface area contributed by atoms with E-state index in [2.05, 4.69) is 12.2 Å². The van der Waals surface area contributed by atoms with Gasteiger partial charge in [0.25, 0.3) is 0 Å². The van der Waals surface area contributed by atoms with Gasteiger partial charge in [0.1, 0.15) is 29.0 Å². The van der Waals surface area contributed by atoms with Crippen LogP contribution in [0.1, 0.15) is 44.2 Å². The van der Waals surface area contributed by atoms with E-state index in [0.717, 1.165) is 29.8 Å². The number of carbonyl (C=O) groups is 2. The minimum Gasteiger partial charge on any atom is -0.369 e. The van der Waals surface area contributed by atoms with Crippen molar-refractivity contribution >= 4 is 34.0 Å². The Bertz CT molecular complexity index is 1580. The Labute approximate surface area is 232 Å². The van der Waals surface area contributed by atoms with E-state index in [4.69, 9.17) is 24.7 Å². The molecule has 12 heteroatoms. The van der Waals surface area contributed by atoms with E-state index in [0.29, 0.717) is 61.4 Å². The number of ether oxygens (including phenoxy) is 1. The summed E-state index contributed by atoms with van der Waals surface area (Å²) in [5, 5.41) is 3.39. The van der Waals surface area contributed by atoms with Crippen molar-refractivity contribution in [2.24, 2.45) is 13.0 Å². The fourth-order valence-corrected chi connectivity index (χ4v) is 5.46. The number of amides is 2. The molecule has 1 aromatic carbocycles. The SMILES string of the molecule is CCc1nc2ccccc2n1-c1nc(C2CNCCO2)c2nc(CN3CCN(C(=O)C(C)C)CC3=O)n(C)c2n1. The van der Waals surface area contributed by atoms with Gasteiger partial charge in [0.05, 0.1) is 30.7 Å². The molecule has 2 fully saturated rings. The fraction of sp³-hybridized carbons (Fsp3) is 0.500. The van der Waals surface area contributed by atoms with Crippen LogP contribution < -0.4 is 5.32 Å². The number of hydrogen-bond acceptors (Lipinski definition) is 8. The van der Waals surface area contributed by atoms with Crippen molar-refractivity contribution in [3.8, 4) is 5.95 Å². The van der Waals surface area contributed by atoms with E-state index < -0.39 is 0 Å². The number of benzene rings is 1. The van der Waals surface area contributed by atoms with Crippen LogP contribution in [0.5, 0.6) is 0 Å². The molecule has 1 atom stereocenters. The van der Waals surface area contributed by atoms with E-state index in [1.165, 1.54) is 0 Å². The average molecular weight is 546 g/mol. The van der Waals surface area contributed by atoms with Gasteiger partial charge in [-0.15, -0.1) is 0 Å². The molecular weight excluding hydrogens is 510 g/mol. The van der Waals surface area contributed by atoms with E-state index in [-0.39, 0.29) is 30.4 Å². The summed E-state index contributed by atoms with van der Waals surface area (Å²) in [6, 6.07) is 7.98. The van der Waals surface area contributed by atoms with E-state index >= 15 is 0 Å². The number of morpholine rings is 1. The summed E-state index contributed by atoms with van der Waals surface area (Å²) in [7, 11) is 1.92. The van der Waals surface area contributed by atoms with Gasteiger partial charge in [0.15, 0.2) is 5.65 Å². The number of fused-ring (bicyclic) bond motifs is 2. The van der Waals surface area contributed by atoms with Crippen molar-refractivity contribution in [2.75, 3.05) is 39.3 Å². The van der Waals surface area contributed by atoms with Crippen molar-refractivity contribution in [1.29, 1.82) is 0 Å². The molecule has 2 saturated heterocycles. The molecule has 1 N–H and O–H groups in total. The van der Waals surface area contributed by atoms with Crippen LogP contribution in [0, 0.1) is 5.92 Å². The third-order valence-corrected chi connectivity index (χ3v) is 7.66. The second kappa shape index (κ2) is 10.6.